The molecule has 1 aliphatic heterocycles. The van der Waals surface area contributed by atoms with Crippen LogP contribution in [-0.4, -0.2) is 33.6 Å². The minimum atomic E-state index is 0.314. The highest BCUT2D eigenvalue weighted by atomic mass is 35.5. The van der Waals surface area contributed by atoms with Crippen molar-refractivity contribution < 1.29 is 0 Å². The zero-order valence-corrected chi connectivity index (χ0v) is 9.74. The molecule has 1 fully saturated rings. The van der Waals surface area contributed by atoms with Crippen molar-refractivity contribution in [3.8, 4) is 0 Å². The molecule has 2 heterocycles. The van der Waals surface area contributed by atoms with E-state index in [1.54, 1.807) is 6.20 Å². The number of aromatic nitrogens is 2. The van der Waals surface area contributed by atoms with Crippen molar-refractivity contribution in [1.82, 2.24) is 14.5 Å². The molecule has 1 atom stereocenters. The fourth-order valence-corrected chi connectivity index (χ4v) is 2.15. The van der Waals surface area contributed by atoms with E-state index in [0.717, 1.165) is 31.9 Å². The number of imidazole rings is 1. The second-order valence-corrected chi connectivity index (χ2v) is 4.58. The van der Waals surface area contributed by atoms with E-state index in [4.69, 9.17) is 17.3 Å². The summed E-state index contributed by atoms with van der Waals surface area (Å²) in [6.07, 6.45) is 4.01. The van der Waals surface area contributed by atoms with Crippen molar-refractivity contribution in [3.63, 3.8) is 0 Å². The number of nitrogens with zero attached hydrogens (tertiary/aromatic N) is 3. The molecule has 0 amide bonds. The van der Waals surface area contributed by atoms with Gasteiger partial charge in [-0.15, -0.1) is 0 Å². The zero-order valence-electron chi connectivity index (χ0n) is 8.99. The van der Waals surface area contributed by atoms with Crippen LogP contribution in [0.25, 0.3) is 0 Å². The van der Waals surface area contributed by atoms with Gasteiger partial charge in [0, 0.05) is 19.6 Å². The predicted octanol–water partition coefficient (Wildman–Crippen LogP) is 0.997. The number of piperidine rings is 1. The summed E-state index contributed by atoms with van der Waals surface area (Å²) in [5.74, 6) is 1.01. The van der Waals surface area contributed by atoms with Crippen LogP contribution in [-0.2, 0) is 13.6 Å². The smallest absolute Gasteiger partial charge is 0.128 e. The highest BCUT2D eigenvalue weighted by Crippen LogP contribution is 2.14. The Labute approximate surface area is 95.0 Å². The highest BCUT2D eigenvalue weighted by molar-refractivity contribution is 6.29. The molecule has 4 nitrogen and oxygen atoms in total. The lowest BCUT2D eigenvalue weighted by atomic mass is 10.1. The Morgan fingerprint density at radius 3 is 3.07 bits per heavy atom. The Hall–Kier alpha value is -0.580. The Morgan fingerprint density at radius 2 is 2.47 bits per heavy atom. The van der Waals surface area contributed by atoms with Crippen LogP contribution in [0.4, 0.5) is 0 Å². The van der Waals surface area contributed by atoms with Crippen molar-refractivity contribution in [2.75, 3.05) is 13.1 Å². The Kier molecular flexibility index (Phi) is 3.29. The van der Waals surface area contributed by atoms with Gasteiger partial charge in [-0.25, -0.2) is 4.98 Å². The molecular formula is C10H17ClN4. The fraction of sp³-hybridized carbons (Fsp3) is 0.700. The van der Waals surface area contributed by atoms with Gasteiger partial charge in [-0.1, -0.05) is 11.6 Å². The van der Waals surface area contributed by atoms with Gasteiger partial charge in [0.1, 0.15) is 11.0 Å². The van der Waals surface area contributed by atoms with Gasteiger partial charge in [0.05, 0.1) is 12.7 Å². The van der Waals surface area contributed by atoms with Crippen LogP contribution in [0.15, 0.2) is 6.20 Å². The lowest BCUT2D eigenvalue weighted by Gasteiger charge is -2.30. The number of nitrogens with two attached hydrogens (primary N) is 1. The molecule has 2 N–H and O–H groups in total. The maximum absolute atomic E-state index is 5.93. The largest absolute Gasteiger partial charge is 0.327 e. The number of rotatable bonds is 2. The summed E-state index contributed by atoms with van der Waals surface area (Å²) in [5.41, 5.74) is 5.93. The molecule has 1 aromatic heterocycles. The summed E-state index contributed by atoms with van der Waals surface area (Å²) in [6, 6.07) is 0.314. The Balaban J connectivity index is 1.99. The molecule has 0 bridgehead atoms. The molecule has 1 saturated heterocycles. The molecule has 15 heavy (non-hydrogen) atoms. The van der Waals surface area contributed by atoms with Gasteiger partial charge in [-0.3, -0.25) is 4.90 Å². The maximum atomic E-state index is 5.93. The second kappa shape index (κ2) is 4.51. The van der Waals surface area contributed by atoms with Crippen molar-refractivity contribution >= 4 is 11.6 Å². The Morgan fingerprint density at radius 1 is 1.67 bits per heavy atom. The molecule has 5 heteroatoms. The van der Waals surface area contributed by atoms with Crippen LogP contribution < -0.4 is 5.73 Å². The molecule has 1 aromatic rings. The van der Waals surface area contributed by atoms with Crippen LogP contribution in [0.1, 0.15) is 18.7 Å². The topological polar surface area (TPSA) is 47.1 Å². The van der Waals surface area contributed by atoms with E-state index in [1.807, 2.05) is 11.6 Å². The van der Waals surface area contributed by atoms with E-state index in [1.165, 1.54) is 6.42 Å². The van der Waals surface area contributed by atoms with Crippen LogP contribution in [0.5, 0.6) is 0 Å². The average molecular weight is 229 g/mol. The third kappa shape index (κ3) is 2.51. The van der Waals surface area contributed by atoms with Gasteiger partial charge in [0.25, 0.3) is 0 Å². The van der Waals surface area contributed by atoms with E-state index >= 15 is 0 Å². The zero-order chi connectivity index (χ0) is 10.8. The van der Waals surface area contributed by atoms with Gasteiger partial charge in [-0.2, -0.15) is 0 Å². The van der Waals surface area contributed by atoms with Crippen molar-refractivity contribution in [1.29, 1.82) is 0 Å². The van der Waals surface area contributed by atoms with Crippen LogP contribution in [0.2, 0.25) is 5.15 Å². The van der Waals surface area contributed by atoms with E-state index in [-0.39, 0.29) is 0 Å². The van der Waals surface area contributed by atoms with Crippen LogP contribution >= 0.6 is 11.6 Å². The summed E-state index contributed by atoms with van der Waals surface area (Å²) in [5, 5.41) is 0.686. The van der Waals surface area contributed by atoms with Crippen molar-refractivity contribution in [2.24, 2.45) is 12.8 Å². The molecule has 0 aliphatic carbocycles. The molecule has 2 rings (SSSR count). The first-order valence-corrected chi connectivity index (χ1v) is 5.68. The summed E-state index contributed by atoms with van der Waals surface area (Å²) in [6.45, 7) is 2.92. The third-order valence-electron chi connectivity index (χ3n) is 2.93. The first kappa shape index (κ1) is 10.9. The first-order chi connectivity index (χ1) is 7.16. The second-order valence-electron chi connectivity index (χ2n) is 4.19. The normalized spacial score (nSPS) is 23.3. The standard InChI is InChI=1S/C10H17ClN4/c1-14-9(11)5-13-10(14)7-15-4-2-3-8(12)6-15/h5,8H,2-4,6-7,12H2,1H3. The SMILES string of the molecule is Cn1c(Cl)cnc1CN1CCCC(N)C1. The van der Waals surface area contributed by atoms with Crippen LogP contribution in [0, 0.1) is 0 Å². The quantitative estimate of drug-likeness (QED) is 0.822. The number of likely N-dealkylation sites (tertiary alicyclic amines) is 1. The first-order valence-electron chi connectivity index (χ1n) is 5.31. The summed E-state index contributed by atoms with van der Waals surface area (Å²) < 4.78 is 1.92. The maximum Gasteiger partial charge on any atom is 0.128 e. The van der Waals surface area contributed by atoms with Gasteiger partial charge in [0.2, 0.25) is 0 Å². The lowest BCUT2D eigenvalue weighted by Crippen LogP contribution is -2.42. The van der Waals surface area contributed by atoms with Gasteiger partial charge in [0.15, 0.2) is 0 Å². The molecule has 0 saturated carbocycles. The molecular weight excluding hydrogens is 212 g/mol. The van der Waals surface area contributed by atoms with Gasteiger partial charge in [-0.05, 0) is 19.4 Å². The minimum Gasteiger partial charge on any atom is -0.327 e. The van der Waals surface area contributed by atoms with Gasteiger partial charge < -0.3 is 10.3 Å². The summed E-state index contributed by atoms with van der Waals surface area (Å²) in [7, 11) is 1.94. The molecule has 0 aromatic carbocycles. The highest BCUT2D eigenvalue weighted by Gasteiger charge is 2.18. The number of hydrogen-bond donors (Lipinski definition) is 1. The van der Waals surface area contributed by atoms with Crippen molar-refractivity contribution in [2.45, 2.75) is 25.4 Å². The molecule has 0 radical (unpaired) electrons. The monoisotopic (exact) mass is 228 g/mol. The molecule has 1 unspecified atom stereocenters. The Bertz CT molecular complexity index is 336. The van der Waals surface area contributed by atoms with Gasteiger partial charge >= 0.3 is 0 Å². The molecule has 0 spiro atoms. The van der Waals surface area contributed by atoms with Crippen molar-refractivity contribution in [3.05, 3.63) is 17.2 Å². The van der Waals surface area contributed by atoms with Crippen LogP contribution in [0.3, 0.4) is 0 Å². The molecule has 1 aliphatic rings. The fourth-order valence-electron chi connectivity index (χ4n) is 2.01. The van der Waals surface area contributed by atoms with E-state index in [0.29, 0.717) is 11.2 Å². The minimum absolute atomic E-state index is 0.314. The van der Waals surface area contributed by atoms with E-state index in [9.17, 15) is 0 Å². The number of halogens is 1. The predicted molar refractivity (Wildman–Crippen MR) is 60.7 cm³/mol. The summed E-state index contributed by atoms with van der Waals surface area (Å²) in [4.78, 5) is 6.62. The number of hydrogen-bond acceptors (Lipinski definition) is 3. The molecule has 84 valence electrons. The summed E-state index contributed by atoms with van der Waals surface area (Å²) >= 11 is 5.93. The lowest BCUT2D eigenvalue weighted by molar-refractivity contribution is 0.195. The third-order valence-corrected chi connectivity index (χ3v) is 3.29. The van der Waals surface area contributed by atoms with E-state index in [2.05, 4.69) is 9.88 Å². The average Bonchev–Trinajstić information content (AvgIpc) is 2.50. The van der Waals surface area contributed by atoms with E-state index < -0.39 is 0 Å².